The molecule has 2 rings (SSSR count). The van der Waals surface area contributed by atoms with Crippen molar-refractivity contribution in [1.82, 2.24) is 15.1 Å². The molecule has 3 amide bonds. The number of allylic oxidation sites excluding steroid dienone is 1. The molecular weight excluding hydrogens is 526 g/mol. The highest BCUT2D eigenvalue weighted by Gasteiger charge is 2.33. The van der Waals surface area contributed by atoms with Crippen LogP contribution in [-0.4, -0.2) is 74.2 Å². The van der Waals surface area contributed by atoms with Gasteiger partial charge in [0.25, 0.3) is 11.8 Å². The van der Waals surface area contributed by atoms with Crippen LogP contribution in [0, 0.1) is 6.92 Å². The van der Waals surface area contributed by atoms with Crippen molar-refractivity contribution in [1.29, 1.82) is 0 Å². The van der Waals surface area contributed by atoms with Gasteiger partial charge in [-0.25, -0.2) is 0 Å². The molecule has 0 saturated heterocycles. The van der Waals surface area contributed by atoms with Gasteiger partial charge in [-0.3, -0.25) is 14.4 Å². The van der Waals surface area contributed by atoms with Gasteiger partial charge in [-0.1, -0.05) is 54.1 Å². The SMILES string of the molecule is C=C[C@@H](C)N(CSC(C)N(C=O)C/C(C)=C\C)C(=O)[C@@H](O)[C@H](Cc1ccccc1)NC(=O)c1cccc(O)c1C. The Balaban J connectivity index is 2.29. The van der Waals surface area contributed by atoms with Crippen LogP contribution in [0.2, 0.25) is 0 Å². The van der Waals surface area contributed by atoms with Crippen LogP contribution in [0.3, 0.4) is 0 Å². The summed E-state index contributed by atoms with van der Waals surface area (Å²) in [7, 11) is 0. The van der Waals surface area contributed by atoms with Crippen LogP contribution in [0.4, 0.5) is 0 Å². The molecule has 40 heavy (non-hydrogen) atoms. The summed E-state index contributed by atoms with van der Waals surface area (Å²) < 4.78 is 0. The maximum atomic E-state index is 13.7. The number of aliphatic hydroxyl groups is 1. The second-order valence-corrected chi connectivity index (χ2v) is 11.0. The maximum Gasteiger partial charge on any atom is 0.254 e. The summed E-state index contributed by atoms with van der Waals surface area (Å²) in [6.45, 7) is 13.5. The zero-order valence-corrected chi connectivity index (χ0v) is 24.7. The summed E-state index contributed by atoms with van der Waals surface area (Å²) in [5, 5.41) is 24.0. The Morgan fingerprint density at radius 3 is 2.40 bits per heavy atom. The number of hydrogen-bond acceptors (Lipinski definition) is 6. The van der Waals surface area contributed by atoms with Crippen LogP contribution in [-0.2, 0) is 16.0 Å². The van der Waals surface area contributed by atoms with Crippen molar-refractivity contribution in [3.63, 3.8) is 0 Å². The highest BCUT2D eigenvalue weighted by molar-refractivity contribution is 7.99. The first-order chi connectivity index (χ1) is 19.0. The summed E-state index contributed by atoms with van der Waals surface area (Å²) in [5.74, 6) is -0.895. The van der Waals surface area contributed by atoms with Gasteiger partial charge < -0.3 is 25.3 Å². The minimum absolute atomic E-state index is 0.0185. The first kappa shape index (κ1) is 32.7. The molecule has 0 aromatic heterocycles. The number of carbonyl (C=O) groups is 3. The first-order valence-electron chi connectivity index (χ1n) is 13.2. The van der Waals surface area contributed by atoms with E-state index in [1.807, 2.05) is 57.2 Å². The molecule has 0 bridgehead atoms. The van der Waals surface area contributed by atoms with Crippen LogP contribution >= 0.6 is 11.8 Å². The molecule has 0 saturated carbocycles. The predicted octanol–water partition coefficient (Wildman–Crippen LogP) is 4.27. The number of carbonyl (C=O) groups excluding carboxylic acids is 3. The summed E-state index contributed by atoms with van der Waals surface area (Å²) in [6.07, 6.45) is 2.99. The summed E-state index contributed by atoms with van der Waals surface area (Å²) >= 11 is 1.39. The monoisotopic (exact) mass is 567 g/mol. The fourth-order valence-corrected chi connectivity index (χ4v) is 5.05. The van der Waals surface area contributed by atoms with Gasteiger partial charge in [-0.05, 0) is 58.7 Å². The van der Waals surface area contributed by atoms with E-state index in [9.17, 15) is 24.6 Å². The van der Waals surface area contributed by atoms with Gasteiger partial charge in [-0.2, -0.15) is 0 Å². The molecule has 9 heteroatoms. The van der Waals surface area contributed by atoms with Gasteiger partial charge in [0.15, 0.2) is 6.10 Å². The van der Waals surface area contributed by atoms with Gasteiger partial charge >= 0.3 is 0 Å². The van der Waals surface area contributed by atoms with Gasteiger partial charge in [0.1, 0.15) is 5.75 Å². The third kappa shape index (κ3) is 8.99. The van der Waals surface area contributed by atoms with Crippen LogP contribution in [0.5, 0.6) is 5.75 Å². The van der Waals surface area contributed by atoms with Crippen molar-refractivity contribution in [3.05, 3.63) is 89.5 Å². The summed E-state index contributed by atoms with van der Waals surface area (Å²) in [5.41, 5.74) is 2.53. The second kappa shape index (κ2) is 15.9. The van der Waals surface area contributed by atoms with Crippen LogP contribution in [0.15, 0.2) is 72.8 Å². The highest BCUT2D eigenvalue weighted by Crippen LogP contribution is 2.22. The van der Waals surface area contributed by atoms with Crippen molar-refractivity contribution in [2.75, 3.05) is 12.4 Å². The van der Waals surface area contributed by atoms with E-state index in [4.69, 9.17) is 0 Å². The van der Waals surface area contributed by atoms with E-state index in [0.717, 1.165) is 17.5 Å². The minimum Gasteiger partial charge on any atom is -0.508 e. The maximum absolute atomic E-state index is 13.7. The Kier molecular flexibility index (Phi) is 13.0. The smallest absolute Gasteiger partial charge is 0.254 e. The molecule has 1 unspecified atom stereocenters. The number of phenols is 1. The number of amides is 3. The summed E-state index contributed by atoms with van der Waals surface area (Å²) in [4.78, 5) is 41.8. The molecule has 0 aliphatic heterocycles. The Hall–Kier alpha value is -3.56. The number of aromatic hydroxyl groups is 1. The molecule has 0 spiro atoms. The van der Waals surface area contributed by atoms with Gasteiger partial charge in [0.05, 0.1) is 17.3 Å². The summed E-state index contributed by atoms with van der Waals surface area (Å²) in [6, 6.07) is 12.6. The van der Waals surface area contributed by atoms with Gasteiger partial charge in [0.2, 0.25) is 6.41 Å². The zero-order valence-electron chi connectivity index (χ0n) is 23.9. The molecule has 0 radical (unpaired) electrons. The van der Waals surface area contributed by atoms with E-state index in [2.05, 4.69) is 11.9 Å². The standard InChI is InChI=1S/C31H41N3O5S/c1-7-21(3)18-33(19-35)24(6)40-20-34(22(4)8-2)31(39)29(37)27(17-25-13-10-9-11-14-25)32-30(38)26-15-12-16-28(36)23(26)5/h7-16,19,22,24,27,29,36-37H,2,17-18,20H2,1,3-6H3,(H,32,38)/b21-7-/t22-,24?,27+,29+/m1/s1. The largest absolute Gasteiger partial charge is 0.508 e. The van der Waals surface area contributed by atoms with E-state index in [1.165, 1.54) is 22.7 Å². The molecule has 216 valence electrons. The Morgan fingerprint density at radius 2 is 1.80 bits per heavy atom. The van der Waals surface area contributed by atoms with Crippen molar-refractivity contribution in [3.8, 4) is 5.75 Å². The van der Waals surface area contributed by atoms with Gasteiger partial charge in [-0.15, -0.1) is 18.3 Å². The van der Waals surface area contributed by atoms with E-state index in [-0.39, 0.29) is 29.0 Å². The number of hydrogen-bond donors (Lipinski definition) is 3. The van der Waals surface area contributed by atoms with Crippen LogP contribution < -0.4 is 5.32 Å². The topological polar surface area (TPSA) is 110 Å². The molecule has 2 aromatic carbocycles. The lowest BCUT2D eigenvalue weighted by Gasteiger charge is -2.34. The van der Waals surface area contributed by atoms with Crippen molar-refractivity contribution in [2.45, 2.75) is 64.6 Å². The zero-order chi connectivity index (χ0) is 29.8. The quantitative estimate of drug-likeness (QED) is 0.169. The van der Waals surface area contributed by atoms with E-state index < -0.39 is 30.0 Å². The van der Waals surface area contributed by atoms with Crippen LogP contribution in [0.25, 0.3) is 0 Å². The molecular formula is C31H41N3O5S. The van der Waals surface area contributed by atoms with E-state index in [1.54, 1.807) is 37.0 Å². The highest BCUT2D eigenvalue weighted by atomic mass is 32.2. The Morgan fingerprint density at radius 1 is 1.12 bits per heavy atom. The third-order valence-corrected chi connectivity index (χ3v) is 8.08. The lowest BCUT2D eigenvalue weighted by molar-refractivity contribution is -0.141. The fourth-order valence-electron chi connectivity index (χ4n) is 3.99. The Bertz CT molecular complexity index is 1190. The molecule has 0 fully saturated rings. The molecule has 0 aliphatic carbocycles. The van der Waals surface area contributed by atoms with Crippen LogP contribution in [0.1, 0.15) is 49.2 Å². The second-order valence-electron chi connectivity index (χ2n) is 9.76. The third-order valence-electron chi connectivity index (χ3n) is 6.90. The average molecular weight is 568 g/mol. The molecule has 0 aliphatic rings. The number of phenolic OH excluding ortho intramolecular Hbond substituents is 1. The molecule has 0 heterocycles. The lowest BCUT2D eigenvalue weighted by atomic mass is 9.98. The number of thioether (sulfide) groups is 1. The van der Waals surface area contributed by atoms with Gasteiger partial charge in [0, 0.05) is 23.7 Å². The predicted molar refractivity (Wildman–Crippen MR) is 161 cm³/mol. The van der Waals surface area contributed by atoms with Crippen molar-refractivity contribution >= 4 is 30.0 Å². The van der Waals surface area contributed by atoms with E-state index in [0.29, 0.717) is 12.1 Å². The first-order valence-corrected chi connectivity index (χ1v) is 14.3. The average Bonchev–Trinajstić information content (AvgIpc) is 2.96. The molecule has 8 nitrogen and oxygen atoms in total. The Labute approximate surface area is 241 Å². The number of nitrogens with zero attached hydrogens (tertiary/aromatic N) is 2. The van der Waals surface area contributed by atoms with Crippen molar-refractivity contribution in [2.24, 2.45) is 0 Å². The normalized spacial score (nSPS) is 14.4. The molecule has 4 atom stereocenters. The van der Waals surface area contributed by atoms with Crippen molar-refractivity contribution < 1.29 is 24.6 Å². The number of aliphatic hydroxyl groups excluding tert-OH is 1. The van der Waals surface area contributed by atoms with E-state index >= 15 is 0 Å². The molecule has 3 N–H and O–H groups in total. The number of benzene rings is 2. The molecule has 2 aromatic rings. The minimum atomic E-state index is -1.56. The number of rotatable bonds is 15. The number of nitrogens with one attached hydrogen (secondary N) is 1. The lowest BCUT2D eigenvalue weighted by Crippen LogP contribution is -2.54. The fraction of sp³-hybridized carbons (Fsp3) is 0.387.